The lowest BCUT2D eigenvalue weighted by Gasteiger charge is -2.36. The second-order valence-corrected chi connectivity index (χ2v) is 8.00. The summed E-state index contributed by atoms with van der Waals surface area (Å²) in [6, 6.07) is 7.56. The molecular weight excluding hydrogens is 370 g/mol. The van der Waals surface area contributed by atoms with Gasteiger partial charge in [0.1, 0.15) is 5.01 Å². The summed E-state index contributed by atoms with van der Waals surface area (Å²) >= 11 is 7.89. The summed E-state index contributed by atoms with van der Waals surface area (Å²) < 4.78 is 5.50. The molecule has 0 radical (unpaired) electrons. The first kappa shape index (κ1) is 19.3. The van der Waals surface area contributed by atoms with Crippen LogP contribution in [0, 0.1) is 0 Å². The summed E-state index contributed by atoms with van der Waals surface area (Å²) in [5.74, 6) is 0.305. The molecule has 1 amide bonds. The average molecular weight is 394 g/mol. The molecule has 5 nitrogen and oxygen atoms in total. The summed E-state index contributed by atoms with van der Waals surface area (Å²) in [6.45, 7) is 5.35. The number of rotatable bonds is 6. The van der Waals surface area contributed by atoms with Gasteiger partial charge in [0.2, 0.25) is 11.0 Å². The van der Waals surface area contributed by atoms with Gasteiger partial charge in [-0.05, 0) is 37.3 Å². The summed E-state index contributed by atoms with van der Waals surface area (Å²) in [5.41, 5.74) is 0.157. The summed E-state index contributed by atoms with van der Waals surface area (Å²) in [5, 5.41) is 13.6. The molecule has 26 heavy (non-hydrogen) atoms. The zero-order valence-electron chi connectivity index (χ0n) is 15.1. The normalized spacial score (nSPS) is 16.6. The molecule has 0 spiro atoms. The third kappa shape index (κ3) is 3.77. The van der Waals surface area contributed by atoms with Gasteiger partial charge in [0.15, 0.2) is 0 Å². The Morgan fingerprint density at radius 3 is 2.62 bits per heavy atom. The van der Waals surface area contributed by atoms with Crippen molar-refractivity contribution in [3.63, 3.8) is 0 Å². The zero-order valence-corrected chi connectivity index (χ0v) is 16.7. The molecular formula is C19H24ClN3O2S. The summed E-state index contributed by atoms with van der Waals surface area (Å²) in [6.07, 6.45) is 3.22. The van der Waals surface area contributed by atoms with E-state index in [1.807, 2.05) is 24.3 Å². The monoisotopic (exact) mass is 393 g/mol. The van der Waals surface area contributed by atoms with E-state index in [2.05, 4.69) is 29.4 Å². The Hall–Kier alpha value is -1.50. The van der Waals surface area contributed by atoms with Crippen molar-refractivity contribution in [2.24, 2.45) is 0 Å². The van der Waals surface area contributed by atoms with Crippen molar-refractivity contribution >= 4 is 34.0 Å². The van der Waals surface area contributed by atoms with Crippen LogP contribution in [0.3, 0.4) is 0 Å². The van der Waals surface area contributed by atoms with Gasteiger partial charge in [0, 0.05) is 24.2 Å². The number of halogens is 1. The van der Waals surface area contributed by atoms with Gasteiger partial charge in [-0.25, -0.2) is 0 Å². The van der Waals surface area contributed by atoms with Crippen LogP contribution in [-0.2, 0) is 14.9 Å². The molecule has 1 aliphatic heterocycles. The molecule has 1 N–H and O–H groups in total. The molecule has 1 aromatic carbocycles. The minimum Gasteiger partial charge on any atom is -0.381 e. The summed E-state index contributed by atoms with van der Waals surface area (Å²) in [4.78, 5) is 13.3. The van der Waals surface area contributed by atoms with Gasteiger partial charge >= 0.3 is 0 Å². The molecule has 1 fully saturated rings. The van der Waals surface area contributed by atoms with Crippen LogP contribution in [0.5, 0.6) is 0 Å². The van der Waals surface area contributed by atoms with Crippen molar-refractivity contribution in [1.82, 2.24) is 10.2 Å². The van der Waals surface area contributed by atoms with Crippen molar-refractivity contribution in [2.45, 2.75) is 50.9 Å². The molecule has 1 aromatic heterocycles. The molecule has 0 atom stereocenters. The number of nitrogens with one attached hydrogen (secondary N) is 1. The van der Waals surface area contributed by atoms with Crippen LogP contribution in [0.15, 0.2) is 24.3 Å². The van der Waals surface area contributed by atoms with Gasteiger partial charge in [-0.2, -0.15) is 0 Å². The predicted molar refractivity (Wildman–Crippen MR) is 105 cm³/mol. The van der Waals surface area contributed by atoms with Gasteiger partial charge in [-0.1, -0.05) is 55.0 Å². The van der Waals surface area contributed by atoms with Crippen LogP contribution in [0.2, 0.25) is 5.02 Å². The number of anilines is 1. The van der Waals surface area contributed by atoms with Crippen molar-refractivity contribution in [3.05, 3.63) is 39.9 Å². The van der Waals surface area contributed by atoms with Crippen molar-refractivity contribution in [3.8, 4) is 0 Å². The number of amides is 1. The van der Waals surface area contributed by atoms with Gasteiger partial charge in [0.25, 0.3) is 0 Å². The molecule has 7 heteroatoms. The van der Waals surface area contributed by atoms with Gasteiger partial charge in [-0.15, -0.1) is 10.2 Å². The quantitative estimate of drug-likeness (QED) is 0.766. The molecule has 0 bridgehead atoms. The second-order valence-electron chi connectivity index (χ2n) is 6.59. The van der Waals surface area contributed by atoms with Gasteiger partial charge < -0.3 is 4.74 Å². The highest BCUT2D eigenvalue weighted by atomic mass is 35.5. The number of benzene rings is 1. The molecule has 0 aliphatic carbocycles. The highest BCUT2D eigenvalue weighted by molar-refractivity contribution is 7.15. The third-order valence-corrected chi connectivity index (χ3v) is 6.50. The Kier molecular flexibility index (Phi) is 6.27. The molecule has 0 saturated carbocycles. The van der Waals surface area contributed by atoms with E-state index < -0.39 is 5.41 Å². The molecule has 140 valence electrons. The summed E-state index contributed by atoms with van der Waals surface area (Å²) in [7, 11) is 0. The number of aromatic nitrogens is 2. The SMILES string of the molecule is CCC(CC)c1nnc(NC(=O)C2(c3ccccc3Cl)CCOCC2)s1. The van der Waals surface area contributed by atoms with E-state index in [0.29, 0.717) is 42.1 Å². The first-order valence-corrected chi connectivity index (χ1v) is 10.3. The van der Waals surface area contributed by atoms with Crippen LogP contribution < -0.4 is 5.32 Å². The maximum atomic E-state index is 13.3. The number of hydrogen-bond donors (Lipinski definition) is 1. The fourth-order valence-corrected chi connectivity index (χ4v) is 4.81. The van der Waals surface area contributed by atoms with E-state index in [9.17, 15) is 4.79 Å². The van der Waals surface area contributed by atoms with E-state index in [-0.39, 0.29) is 5.91 Å². The van der Waals surface area contributed by atoms with Crippen molar-refractivity contribution in [1.29, 1.82) is 0 Å². The number of carbonyl (C=O) groups is 1. The maximum absolute atomic E-state index is 13.3. The van der Waals surface area contributed by atoms with Crippen molar-refractivity contribution < 1.29 is 9.53 Å². The molecule has 2 aromatic rings. The van der Waals surface area contributed by atoms with Crippen LogP contribution >= 0.6 is 22.9 Å². The molecule has 1 saturated heterocycles. The van der Waals surface area contributed by atoms with E-state index in [0.717, 1.165) is 23.4 Å². The van der Waals surface area contributed by atoms with E-state index in [1.54, 1.807) is 0 Å². The molecule has 3 rings (SSSR count). The zero-order chi connectivity index (χ0) is 18.6. The first-order valence-electron chi connectivity index (χ1n) is 9.08. The van der Waals surface area contributed by atoms with E-state index >= 15 is 0 Å². The lowest BCUT2D eigenvalue weighted by molar-refractivity contribution is -0.125. The van der Waals surface area contributed by atoms with Crippen LogP contribution in [0.1, 0.15) is 56.0 Å². The standard InChI is InChI=1S/C19H24ClN3O2S/c1-3-13(4-2)16-22-23-18(26-16)21-17(24)19(9-11-25-12-10-19)14-7-5-6-8-15(14)20/h5-8,13H,3-4,9-12H2,1-2H3,(H,21,23,24). The number of ether oxygens (including phenoxy) is 1. The largest absolute Gasteiger partial charge is 0.381 e. The minimum absolute atomic E-state index is 0.0823. The Bertz CT molecular complexity index is 755. The third-order valence-electron chi connectivity index (χ3n) is 5.17. The topological polar surface area (TPSA) is 64.1 Å². The predicted octanol–water partition coefficient (Wildman–Crippen LogP) is 4.78. The van der Waals surface area contributed by atoms with Crippen LogP contribution in [0.25, 0.3) is 0 Å². The molecule has 2 heterocycles. The van der Waals surface area contributed by atoms with Gasteiger partial charge in [-0.3, -0.25) is 10.1 Å². The van der Waals surface area contributed by atoms with E-state index in [4.69, 9.17) is 16.3 Å². The fourth-order valence-electron chi connectivity index (χ4n) is 3.49. The Labute approximate surface area is 163 Å². The average Bonchev–Trinajstić information content (AvgIpc) is 3.12. The molecule has 1 aliphatic rings. The highest BCUT2D eigenvalue weighted by Gasteiger charge is 2.43. The Morgan fingerprint density at radius 1 is 1.27 bits per heavy atom. The Balaban J connectivity index is 1.86. The lowest BCUT2D eigenvalue weighted by Crippen LogP contribution is -2.45. The van der Waals surface area contributed by atoms with Crippen LogP contribution in [-0.4, -0.2) is 29.3 Å². The fraction of sp³-hybridized carbons (Fsp3) is 0.526. The van der Waals surface area contributed by atoms with E-state index in [1.165, 1.54) is 11.3 Å². The molecule has 0 unspecified atom stereocenters. The Morgan fingerprint density at radius 2 is 1.96 bits per heavy atom. The lowest BCUT2D eigenvalue weighted by atomic mass is 9.73. The second kappa shape index (κ2) is 8.46. The number of carbonyl (C=O) groups excluding carboxylic acids is 1. The minimum atomic E-state index is -0.697. The van der Waals surface area contributed by atoms with Gasteiger partial charge in [0.05, 0.1) is 5.41 Å². The highest BCUT2D eigenvalue weighted by Crippen LogP contribution is 2.40. The first-order chi connectivity index (χ1) is 12.6. The van der Waals surface area contributed by atoms with Crippen LogP contribution in [0.4, 0.5) is 5.13 Å². The smallest absolute Gasteiger partial charge is 0.237 e. The maximum Gasteiger partial charge on any atom is 0.237 e. The number of hydrogen-bond acceptors (Lipinski definition) is 5. The van der Waals surface area contributed by atoms with Crippen molar-refractivity contribution in [2.75, 3.05) is 18.5 Å². The number of nitrogens with zero attached hydrogens (tertiary/aromatic N) is 2.